The van der Waals surface area contributed by atoms with Crippen LogP contribution in [0.5, 0.6) is 5.75 Å². The second-order valence-corrected chi connectivity index (χ2v) is 9.14. The van der Waals surface area contributed by atoms with E-state index in [9.17, 15) is 8.42 Å². The van der Waals surface area contributed by atoms with Crippen molar-refractivity contribution in [3.05, 3.63) is 48.0 Å². The number of thiophene rings is 1. The van der Waals surface area contributed by atoms with E-state index in [2.05, 4.69) is 9.82 Å². The van der Waals surface area contributed by atoms with Crippen molar-refractivity contribution in [3.63, 3.8) is 0 Å². The lowest BCUT2D eigenvalue weighted by Gasteiger charge is -2.11. The summed E-state index contributed by atoms with van der Waals surface area (Å²) in [4.78, 5) is 1.04. The van der Waals surface area contributed by atoms with Gasteiger partial charge < -0.3 is 4.74 Å². The number of ether oxygens (including phenoxy) is 1. The number of rotatable bonds is 6. The number of para-hydroxylation sites is 2. The first-order chi connectivity index (χ1) is 13.1. The van der Waals surface area contributed by atoms with Gasteiger partial charge in [0.1, 0.15) is 16.3 Å². The first kappa shape index (κ1) is 18.1. The minimum Gasteiger partial charge on any atom is -0.495 e. The third kappa shape index (κ3) is 3.59. The van der Waals surface area contributed by atoms with Crippen molar-refractivity contribution in [2.75, 3.05) is 11.8 Å². The fourth-order valence-electron chi connectivity index (χ4n) is 3.44. The van der Waals surface area contributed by atoms with Crippen LogP contribution in [0.25, 0.3) is 10.6 Å². The molecule has 1 aromatic carbocycles. The SMILES string of the molecule is COc1ccccc1NS(=O)(=O)c1cn(C2CCCC2)nc1-c1cccs1. The molecule has 1 N–H and O–H groups in total. The molecule has 0 amide bonds. The van der Waals surface area contributed by atoms with Gasteiger partial charge >= 0.3 is 0 Å². The van der Waals surface area contributed by atoms with Gasteiger partial charge in [0.05, 0.1) is 23.7 Å². The normalized spacial score (nSPS) is 15.1. The zero-order chi connectivity index (χ0) is 18.9. The monoisotopic (exact) mass is 403 g/mol. The van der Waals surface area contributed by atoms with Crippen LogP contribution in [0.3, 0.4) is 0 Å². The highest BCUT2D eigenvalue weighted by Gasteiger charge is 2.28. The molecule has 2 heterocycles. The van der Waals surface area contributed by atoms with E-state index in [0.717, 1.165) is 30.6 Å². The van der Waals surface area contributed by atoms with Gasteiger partial charge in [0.15, 0.2) is 0 Å². The molecule has 8 heteroatoms. The Bertz CT molecular complexity index is 1020. The molecule has 1 saturated carbocycles. The van der Waals surface area contributed by atoms with Crippen LogP contribution in [-0.4, -0.2) is 25.3 Å². The van der Waals surface area contributed by atoms with Gasteiger partial charge in [-0.15, -0.1) is 11.3 Å². The smallest absolute Gasteiger partial charge is 0.265 e. The molecule has 0 aliphatic heterocycles. The predicted molar refractivity (Wildman–Crippen MR) is 107 cm³/mol. The summed E-state index contributed by atoms with van der Waals surface area (Å²) in [5.41, 5.74) is 0.907. The number of hydrogen-bond acceptors (Lipinski definition) is 5. The van der Waals surface area contributed by atoms with E-state index in [0.29, 0.717) is 17.1 Å². The average molecular weight is 404 g/mol. The Hall–Kier alpha value is -2.32. The first-order valence-electron chi connectivity index (χ1n) is 8.87. The number of sulfonamides is 1. The molecule has 6 nitrogen and oxygen atoms in total. The Morgan fingerprint density at radius 3 is 2.67 bits per heavy atom. The zero-order valence-electron chi connectivity index (χ0n) is 15.0. The van der Waals surface area contributed by atoms with Crippen LogP contribution in [0, 0.1) is 0 Å². The Morgan fingerprint density at radius 1 is 1.19 bits per heavy atom. The van der Waals surface area contributed by atoms with E-state index in [1.165, 1.54) is 18.4 Å². The van der Waals surface area contributed by atoms with Gasteiger partial charge in [-0.2, -0.15) is 5.10 Å². The highest BCUT2D eigenvalue weighted by atomic mass is 32.2. The van der Waals surface area contributed by atoms with Crippen LogP contribution in [0.4, 0.5) is 5.69 Å². The topological polar surface area (TPSA) is 73.2 Å². The molecular weight excluding hydrogens is 382 g/mol. The molecule has 1 aliphatic carbocycles. The summed E-state index contributed by atoms with van der Waals surface area (Å²) < 4.78 is 36.2. The molecule has 4 rings (SSSR count). The lowest BCUT2D eigenvalue weighted by atomic mass is 10.3. The maximum absolute atomic E-state index is 13.2. The van der Waals surface area contributed by atoms with Crippen molar-refractivity contribution in [2.24, 2.45) is 0 Å². The minimum atomic E-state index is -3.82. The standard InChI is InChI=1S/C19H21N3O3S2/c1-25-16-10-5-4-9-15(16)21-27(23,24)18-13-22(14-7-2-3-8-14)20-19(18)17-11-6-12-26-17/h4-6,9-14,21H,2-3,7-8H2,1H3. The summed E-state index contributed by atoms with van der Waals surface area (Å²) in [6, 6.07) is 11.0. The third-order valence-corrected chi connectivity index (χ3v) is 7.04. The van der Waals surface area contributed by atoms with Crippen molar-refractivity contribution in [3.8, 4) is 16.3 Å². The van der Waals surface area contributed by atoms with Gasteiger partial charge in [-0.3, -0.25) is 9.40 Å². The Morgan fingerprint density at radius 2 is 1.96 bits per heavy atom. The highest BCUT2D eigenvalue weighted by Crippen LogP contribution is 2.36. The summed E-state index contributed by atoms with van der Waals surface area (Å²) in [6.45, 7) is 0. The van der Waals surface area contributed by atoms with E-state index in [1.54, 1.807) is 30.5 Å². The number of aromatic nitrogens is 2. The Balaban J connectivity index is 1.76. The number of benzene rings is 1. The van der Waals surface area contributed by atoms with Gasteiger partial charge in [-0.05, 0) is 36.4 Å². The second kappa shape index (κ2) is 7.36. The molecule has 1 aliphatic rings. The zero-order valence-corrected chi connectivity index (χ0v) is 16.6. The van der Waals surface area contributed by atoms with E-state index < -0.39 is 10.0 Å². The summed E-state index contributed by atoms with van der Waals surface area (Å²) in [7, 11) is -2.30. The van der Waals surface area contributed by atoms with Crippen LogP contribution in [0.2, 0.25) is 0 Å². The summed E-state index contributed by atoms with van der Waals surface area (Å²) in [6.07, 6.45) is 6.04. The van der Waals surface area contributed by atoms with Crippen molar-refractivity contribution >= 4 is 27.0 Å². The molecule has 0 saturated heterocycles. The van der Waals surface area contributed by atoms with Crippen LogP contribution < -0.4 is 9.46 Å². The van der Waals surface area contributed by atoms with Crippen LogP contribution in [-0.2, 0) is 10.0 Å². The first-order valence-corrected chi connectivity index (χ1v) is 11.2. The van der Waals surface area contributed by atoms with Gasteiger partial charge in [0.2, 0.25) is 0 Å². The molecule has 142 valence electrons. The third-order valence-electron chi connectivity index (χ3n) is 4.79. The summed E-state index contributed by atoms with van der Waals surface area (Å²) in [5.74, 6) is 0.474. The van der Waals surface area contributed by atoms with Crippen LogP contribution in [0.1, 0.15) is 31.7 Å². The van der Waals surface area contributed by atoms with Crippen molar-refractivity contribution in [1.82, 2.24) is 9.78 Å². The number of hydrogen-bond donors (Lipinski definition) is 1. The lowest BCUT2D eigenvalue weighted by molar-refractivity contribution is 0.417. The van der Waals surface area contributed by atoms with E-state index in [-0.39, 0.29) is 10.9 Å². The largest absolute Gasteiger partial charge is 0.495 e. The Labute approximate surface area is 162 Å². The number of methoxy groups -OCH3 is 1. The Kier molecular flexibility index (Phi) is 4.92. The van der Waals surface area contributed by atoms with Crippen molar-refractivity contribution in [2.45, 2.75) is 36.6 Å². The minimum absolute atomic E-state index is 0.197. The molecular formula is C19H21N3O3S2. The average Bonchev–Trinajstić information content (AvgIpc) is 3.41. The van der Waals surface area contributed by atoms with Gasteiger partial charge in [-0.25, -0.2) is 8.42 Å². The maximum Gasteiger partial charge on any atom is 0.265 e. The van der Waals surface area contributed by atoms with E-state index in [1.807, 2.05) is 22.2 Å². The fourth-order valence-corrected chi connectivity index (χ4v) is 5.45. The number of anilines is 1. The summed E-state index contributed by atoms with van der Waals surface area (Å²) in [5, 5.41) is 6.59. The number of nitrogens with zero attached hydrogens (tertiary/aromatic N) is 2. The molecule has 1 fully saturated rings. The molecule has 27 heavy (non-hydrogen) atoms. The molecule has 0 unspecified atom stereocenters. The molecule has 0 spiro atoms. The molecule has 0 bridgehead atoms. The fraction of sp³-hybridized carbons (Fsp3) is 0.316. The van der Waals surface area contributed by atoms with Crippen molar-refractivity contribution in [1.29, 1.82) is 0 Å². The van der Waals surface area contributed by atoms with E-state index in [4.69, 9.17) is 4.74 Å². The molecule has 0 atom stereocenters. The second-order valence-electron chi connectivity index (χ2n) is 6.54. The molecule has 0 radical (unpaired) electrons. The highest BCUT2D eigenvalue weighted by molar-refractivity contribution is 7.92. The van der Waals surface area contributed by atoms with Crippen LogP contribution >= 0.6 is 11.3 Å². The van der Waals surface area contributed by atoms with Crippen molar-refractivity contribution < 1.29 is 13.2 Å². The molecule has 3 aromatic rings. The van der Waals surface area contributed by atoms with Gasteiger partial charge in [0, 0.05) is 6.20 Å². The van der Waals surface area contributed by atoms with Gasteiger partial charge in [0.25, 0.3) is 10.0 Å². The van der Waals surface area contributed by atoms with E-state index >= 15 is 0 Å². The quantitative estimate of drug-likeness (QED) is 0.656. The maximum atomic E-state index is 13.2. The molecule has 2 aromatic heterocycles. The summed E-state index contributed by atoms with van der Waals surface area (Å²) >= 11 is 1.48. The predicted octanol–water partition coefficient (Wildman–Crippen LogP) is 4.54. The lowest BCUT2D eigenvalue weighted by Crippen LogP contribution is -2.14. The van der Waals surface area contributed by atoms with Gasteiger partial charge in [-0.1, -0.05) is 31.0 Å². The van der Waals surface area contributed by atoms with Crippen LogP contribution in [0.15, 0.2) is 52.9 Å². The number of nitrogens with one attached hydrogen (secondary N) is 1.